The van der Waals surface area contributed by atoms with Crippen molar-refractivity contribution in [2.24, 2.45) is 4.99 Å². The van der Waals surface area contributed by atoms with Gasteiger partial charge >= 0.3 is 0 Å². The molecule has 0 amide bonds. The van der Waals surface area contributed by atoms with E-state index in [4.69, 9.17) is 9.47 Å². The second-order valence-electron chi connectivity index (χ2n) is 3.61. The number of methoxy groups -OCH3 is 1. The van der Waals surface area contributed by atoms with E-state index in [1.807, 2.05) is 24.3 Å². The summed E-state index contributed by atoms with van der Waals surface area (Å²) in [7, 11) is 1.59. The maximum atomic E-state index is 10.3. The number of hydrogen-bond donors (Lipinski definition) is 0. The van der Waals surface area contributed by atoms with Crippen molar-refractivity contribution in [3.05, 3.63) is 39.9 Å². The van der Waals surface area contributed by atoms with E-state index in [1.165, 1.54) is 0 Å². The maximum absolute atomic E-state index is 10.3. The molecule has 6 heteroatoms. The fraction of sp³-hybridized carbons (Fsp3) is 0.364. The third-order valence-electron chi connectivity index (χ3n) is 2.44. The van der Waals surface area contributed by atoms with Gasteiger partial charge in [-0.05, 0) is 17.7 Å². The summed E-state index contributed by atoms with van der Waals surface area (Å²) in [6.45, 7) is 0.0524. The molecule has 0 aromatic heterocycles. The number of nitro groups is 1. The van der Waals surface area contributed by atoms with Crippen molar-refractivity contribution in [3.8, 4) is 5.75 Å². The van der Waals surface area contributed by atoms with Crippen LogP contribution in [0.5, 0.6) is 5.75 Å². The summed E-state index contributed by atoms with van der Waals surface area (Å²) in [6.07, 6.45) is -0.250. The molecular weight excluding hydrogens is 224 g/mol. The number of aliphatic imine (C=N–C) groups is 1. The van der Waals surface area contributed by atoms with Crippen LogP contribution in [0.4, 0.5) is 0 Å². The molecule has 0 aliphatic carbocycles. The molecule has 1 heterocycles. The zero-order valence-electron chi connectivity index (χ0n) is 9.33. The van der Waals surface area contributed by atoms with Gasteiger partial charge in [0.1, 0.15) is 11.9 Å². The van der Waals surface area contributed by atoms with E-state index in [0.29, 0.717) is 6.54 Å². The Morgan fingerprint density at radius 1 is 1.65 bits per heavy atom. The number of hydrogen-bond acceptors (Lipinski definition) is 5. The maximum Gasteiger partial charge on any atom is 0.277 e. The molecule has 1 aromatic carbocycles. The lowest BCUT2D eigenvalue weighted by atomic mass is 10.1. The second-order valence-corrected chi connectivity index (χ2v) is 3.61. The van der Waals surface area contributed by atoms with Crippen molar-refractivity contribution < 1.29 is 14.4 Å². The first kappa shape index (κ1) is 11.4. The van der Waals surface area contributed by atoms with Crippen LogP contribution in [0, 0.1) is 10.1 Å². The molecule has 1 aliphatic heterocycles. The van der Waals surface area contributed by atoms with Crippen molar-refractivity contribution in [2.75, 3.05) is 20.2 Å². The Morgan fingerprint density at radius 2 is 2.47 bits per heavy atom. The smallest absolute Gasteiger partial charge is 0.277 e. The Kier molecular flexibility index (Phi) is 3.22. The van der Waals surface area contributed by atoms with Gasteiger partial charge in [-0.2, -0.15) is 0 Å². The molecule has 1 unspecified atom stereocenters. The molecule has 0 saturated carbocycles. The van der Waals surface area contributed by atoms with Gasteiger partial charge in [0.15, 0.2) is 0 Å². The van der Waals surface area contributed by atoms with Gasteiger partial charge in [0.2, 0.25) is 0 Å². The highest BCUT2D eigenvalue weighted by molar-refractivity contribution is 5.78. The molecule has 0 bridgehead atoms. The number of rotatable bonds is 4. The Labute approximate surface area is 98.0 Å². The lowest BCUT2D eigenvalue weighted by Gasteiger charge is -2.11. The fourth-order valence-electron chi connectivity index (χ4n) is 1.64. The fourth-order valence-corrected chi connectivity index (χ4v) is 1.64. The van der Waals surface area contributed by atoms with Crippen LogP contribution >= 0.6 is 0 Å². The average Bonchev–Trinajstić information content (AvgIpc) is 2.77. The second kappa shape index (κ2) is 4.82. The summed E-state index contributed by atoms with van der Waals surface area (Å²) in [6, 6.07) is 7.41. The van der Waals surface area contributed by atoms with Gasteiger partial charge in [0, 0.05) is 4.92 Å². The number of nitrogens with zero attached hydrogens (tertiary/aromatic N) is 2. The van der Waals surface area contributed by atoms with E-state index in [-0.39, 0.29) is 18.5 Å². The molecule has 2 rings (SSSR count). The summed E-state index contributed by atoms with van der Waals surface area (Å²) in [5, 5.41) is 10.3. The minimum Gasteiger partial charge on any atom is -0.497 e. The Bertz CT molecular complexity index is 459. The van der Waals surface area contributed by atoms with Gasteiger partial charge in [-0.3, -0.25) is 10.1 Å². The van der Waals surface area contributed by atoms with Gasteiger partial charge in [0.05, 0.1) is 13.7 Å². The normalized spacial score (nSPS) is 18.4. The quantitative estimate of drug-likeness (QED) is 0.585. The molecule has 17 heavy (non-hydrogen) atoms. The van der Waals surface area contributed by atoms with Crippen molar-refractivity contribution in [3.63, 3.8) is 0 Å². The summed E-state index contributed by atoms with van der Waals surface area (Å²) >= 11 is 0. The Hall–Kier alpha value is -2.11. The van der Waals surface area contributed by atoms with Gasteiger partial charge < -0.3 is 9.47 Å². The summed E-state index contributed by atoms with van der Waals surface area (Å²) in [4.78, 5) is 13.9. The highest BCUT2D eigenvalue weighted by Gasteiger charge is 2.24. The van der Waals surface area contributed by atoms with Crippen LogP contribution < -0.4 is 4.74 Å². The monoisotopic (exact) mass is 236 g/mol. The third-order valence-corrected chi connectivity index (χ3v) is 2.44. The zero-order chi connectivity index (χ0) is 12.3. The van der Waals surface area contributed by atoms with Crippen LogP contribution in [-0.4, -0.2) is 31.0 Å². The van der Waals surface area contributed by atoms with E-state index in [1.54, 1.807) is 7.11 Å². The standard InChI is InChI=1S/C11H12N2O4/c1-16-9-4-2-3-8(5-9)10-6-12-11(17-10)7-13(14)15/h2-5,10H,6-7H2,1H3. The first-order valence-corrected chi connectivity index (χ1v) is 5.15. The molecular formula is C11H12N2O4. The van der Waals surface area contributed by atoms with Crippen LogP contribution in [0.1, 0.15) is 11.7 Å². The molecule has 6 nitrogen and oxygen atoms in total. The molecule has 0 N–H and O–H groups in total. The Morgan fingerprint density at radius 3 is 3.18 bits per heavy atom. The van der Waals surface area contributed by atoms with Crippen molar-refractivity contribution in [1.29, 1.82) is 0 Å². The van der Waals surface area contributed by atoms with Gasteiger partial charge in [-0.25, -0.2) is 4.99 Å². The van der Waals surface area contributed by atoms with Crippen LogP contribution in [0.3, 0.4) is 0 Å². The van der Waals surface area contributed by atoms with E-state index < -0.39 is 4.92 Å². The third kappa shape index (κ3) is 2.72. The van der Waals surface area contributed by atoms with Gasteiger partial charge in [-0.1, -0.05) is 12.1 Å². The van der Waals surface area contributed by atoms with Crippen LogP contribution in [0.25, 0.3) is 0 Å². The molecule has 90 valence electrons. The van der Waals surface area contributed by atoms with E-state index in [2.05, 4.69) is 4.99 Å². The minimum atomic E-state index is -0.452. The molecule has 1 atom stereocenters. The topological polar surface area (TPSA) is 74.0 Å². The Balaban J connectivity index is 2.04. The van der Waals surface area contributed by atoms with Crippen LogP contribution in [-0.2, 0) is 4.74 Å². The minimum absolute atomic E-state index is 0.183. The molecule has 1 aromatic rings. The average molecular weight is 236 g/mol. The molecule has 0 spiro atoms. The first-order chi connectivity index (χ1) is 8.19. The zero-order valence-corrected chi connectivity index (χ0v) is 9.33. The molecule has 0 radical (unpaired) electrons. The van der Waals surface area contributed by atoms with Crippen molar-refractivity contribution in [1.82, 2.24) is 0 Å². The highest BCUT2D eigenvalue weighted by Crippen LogP contribution is 2.25. The van der Waals surface area contributed by atoms with Crippen LogP contribution in [0.15, 0.2) is 29.3 Å². The highest BCUT2D eigenvalue weighted by atomic mass is 16.6. The van der Waals surface area contributed by atoms with Crippen LogP contribution in [0.2, 0.25) is 0 Å². The van der Waals surface area contributed by atoms with Crippen molar-refractivity contribution in [2.45, 2.75) is 6.10 Å². The number of ether oxygens (including phenoxy) is 2. The van der Waals surface area contributed by atoms with Gasteiger partial charge in [-0.15, -0.1) is 0 Å². The number of benzene rings is 1. The summed E-state index contributed by atoms with van der Waals surface area (Å²) in [5.41, 5.74) is 0.909. The lowest BCUT2D eigenvalue weighted by Crippen LogP contribution is -2.15. The largest absolute Gasteiger partial charge is 0.497 e. The predicted octanol–water partition coefficient (Wildman–Crippen LogP) is 1.44. The SMILES string of the molecule is COc1cccc(C2CN=C(C[N+](=O)[O-])O2)c1. The molecule has 0 fully saturated rings. The summed E-state index contributed by atoms with van der Waals surface area (Å²) < 4.78 is 10.5. The van der Waals surface area contributed by atoms with E-state index >= 15 is 0 Å². The first-order valence-electron chi connectivity index (χ1n) is 5.15. The molecule has 0 saturated heterocycles. The van der Waals surface area contributed by atoms with Gasteiger partial charge in [0.25, 0.3) is 12.4 Å². The molecule has 1 aliphatic rings. The van der Waals surface area contributed by atoms with E-state index in [0.717, 1.165) is 11.3 Å². The lowest BCUT2D eigenvalue weighted by molar-refractivity contribution is -0.465. The van der Waals surface area contributed by atoms with Crippen molar-refractivity contribution >= 4 is 5.90 Å². The predicted molar refractivity (Wildman–Crippen MR) is 61.0 cm³/mol. The summed E-state index contributed by atoms with van der Waals surface area (Å²) in [5.74, 6) is 0.914. The van der Waals surface area contributed by atoms with E-state index in [9.17, 15) is 10.1 Å².